The van der Waals surface area contributed by atoms with Gasteiger partial charge in [-0.1, -0.05) is 177 Å². The zero-order valence-corrected chi connectivity index (χ0v) is 54.5. The topological polar surface area (TPSA) is 145 Å². The van der Waals surface area contributed by atoms with Crippen molar-refractivity contribution in [2.45, 2.75) is 139 Å². The maximum atomic E-state index is 7.25. The molecule has 1 N–H and O–H groups in total. The van der Waals surface area contributed by atoms with Crippen LogP contribution < -0.4 is 28.4 Å². The summed E-state index contributed by atoms with van der Waals surface area (Å²) in [5.74, 6) is 7.04. The first-order valence-electron chi connectivity index (χ1n) is 33.8. The fourth-order valence-electron chi connectivity index (χ4n) is 13.6. The van der Waals surface area contributed by atoms with Crippen molar-refractivity contribution < 1.29 is 28.4 Å². The molecule has 8 bridgehead atoms. The number of amidine groups is 4. The number of ether oxygens (including phenoxy) is 6. The number of hydrogen-bond donors (Lipinski definition) is 1. The van der Waals surface area contributed by atoms with Crippen molar-refractivity contribution in [3.63, 3.8) is 0 Å². The second-order valence-electron chi connectivity index (χ2n) is 24.7. The Bertz CT molecular complexity index is 4790. The summed E-state index contributed by atoms with van der Waals surface area (Å²) in [5, 5.41) is 11.5. The van der Waals surface area contributed by atoms with Gasteiger partial charge in [0, 0.05) is 55.3 Å². The van der Waals surface area contributed by atoms with Crippen molar-refractivity contribution in [3.8, 4) is 34.5 Å². The van der Waals surface area contributed by atoms with E-state index in [0.717, 1.165) is 198 Å². The van der Waals surface area contributed by atoms with Crippen LogP contribution in [0.2, 0.25) is 0 Å². The van der Waals surface area contributed by atoms with Crippen molar-refractivity contribution in [3.05, 3.63) is 154 Å². The molecule has 0 saturated heterocycles. The zero-order valence-electron chi connectivity index (χ0n) is 54.5. The molecule has 0 fully saturated rings. The molecule has 0 saturated carbocycles. The highest BCUT2D eigenvalue weighted by molar-refractivity contribution is 6.39. The molecule has 0 radical (unpaired) electrons. The highest BCUT2D eigenvalue weighted by atomic mass is 16.5. The first kappa shape index (κ1) is 60.2. The molecule has 13 heteroatoms. The van der Waals surface area contributed by atoms with E-state index in [1.54, 1.807) is 0 Å². The smallest absolute Gasteiger partial charge is 0.168 e. The summed E-state index contributed by atoms with van der Waals surface area (Å²) in [7, 11) is 0. The Morgan fingerprint density at radius 3 is 1.05 bits per heavy atom. The molecule has 1 aliphatic carbocycles. The molecule has 4 aliphatic rings. The van der Waals surface area contributed by atoms with Gasteiger partial charge in [-0.2, -0.15) is 0 Å². The monoisotopic (exact) mass is 1220 g/mol. The lowest BCUT2D eigenvalue weighted by molar-refractivity contribution is 0.305. The van der Waals surface area contributed by atoms with Crippen LogP contribution in [-0.4, -0.2) is 79.4 Å². The van der Waals surface area contributed by atoms with E-state index >= 15 is 0 Å². The van der Waals surface area contributed by atoms with E-state index in [-0.39, 0.29) is 0 Å². The van der Waals surface area contributed by atoms with Crippen LogP contribution in [0.25, 0.3) is 64.6 Å². The number of benzene rings is 9. The van der Waals surface area contributed by atoms with Crippen LogP contribution in [0, 0.1) is 13.8 Å². The second kappa shape index (κ2) is 26.1. The van der Waals surface area contributed by atoms with Gasteiger partial charge in [0.15, 0.2) is 23.3 Å². The summed E-state index contributed by atoms with van der Waals surface area (Å²) in [6, 6.07) is 38.4. The van der Waals surface area contributed by atoms with Crippen LogP contribution in [0.15, 0.2) is 139 Å². The molecule has 0 unspecified atom stereocenters. The van der Waals surface area contributed by atoms with Crippen molar-refractivity contribution in [1.82, 2.24) is 4.98 Å². The van der Waals surface area contributed by atoms with Gasteiger partial charge >= 0.3 is 0 Å². The van der Waals surface area contributed by atoms with E-state index in [0.29, 0.717) is 115 Å². The maximum absolute atomic E-state index is 7.25. The molecule has 1 aromatic heterocycles. The number of rotatable bonds is 24. The number of nitrogens with zero attached hydrogens (tertiary/aromatic N) is 6. The minimum Gasteiger partial charge on any atom is -0.492 e. The minimum atomic E-state index is 0.313. The maximum Gasteiger partial charge on any atom is 0.168 e. The molecule has 92 heavy (non-hydrogen) atoms. The first-order valence-corrected chi connectivity index (χ1v) is 33.8. The van der Waals surface area contributed by atoms with Crippen molar-refractivity contribution in [2.24, 2.45) is 30.0 Å². The average molecular weight is 1220 g/mol. The van der Waals surface area contributed by atoms with Gasteiger partial charge in [0.2, 0.25) is 0 Å². The Labute approximate surface area is 538 Å². The van der Waals surface area contributed by atoms with Gasteiger partial charge in [-0.25, -0.2) is 30.0 Å². The van der Waals surface area contributed by atoms with E-state index in [1.807, 2.05) is 0 Å². The third-order valence-electron chi connectivity index (χ3n) is 18.4. The molecule has 9 aromatic carbocycles. The number of aromatic amines is 1. The van der Waals surface area contributed by atoms with E-state index in [1.165, 1.54) is 0 Å². The molecular formula is C79H81N7O6. The number of aromatic nitrogens is 1. The third-order valence-corrected chi connectivity index (χ3v) is 18.4. The Morgan fingerprint density at radius 1 is 0.315 bits per heavy atom. The summed E-state index contributed by atoms with van der Waals surface area (Å²) < 4.78 is 43.0. The van der Waals surface area contributed by atoms with E-state index in [4.69, 9.17) is 58.4 Å². The van der Waals surface area contributed by atoms with Gasteiger partial charge < -0.3 is 33.4 Å². The predicted octanol–water partition coefficient (Wildman–Crippen LogP) is 20.0. The predicted molar refractivity (Wildman–Crippen MR) is 380 cm³/mol. The Kier molecular flexibility index (Phi) is 17.1. The first-order chi connectivity index (χ1) is 45.3. The second-order valence-corrected chi connectivity index (χ2v) is 24.7. The summed E-state index contributed by atoms with van der Waals surface area (Å²) in [4.78, 5) is 38.9. The Morgan fingerprint density at radius 2 is 0.630 bits per heavy atom. The average Bonchev–Trinajstić information content (AvgIpc) is 1.52. The van der Waals surface area contributed by atoms with Crippen molar-refractivity contribution in [2.75, 3.05) is 39.6 Å². The van der Waals surface area contributed by atoms with Crippen LogP contribution in [0.5, 0.6) is 34.5 Å². The number of aryl methyl sites for hydroxylation is 2. The van der Waals surface area contributed by atoms with Gasteiger partial charge in [-0.3, -0.25) is 0 Å². The molecule has 14 rings (SSSR count). The summed E-state index contributed by atoms with van der Waals surface area (Å²) >= 11 is 0. The molecule has 4 heterocycles. The molecule has 13 nitrogen and oxygen atoms in total. The Hall–Kier alpha value is -9.36. The van der Waals surface area contributed by atoms with E-state index in [2.05, 4.69) is 170 Å². The van der Waals surface area contributed by atoms with Crippen molar-refractivity contribution in [1.29, 1.82) is 0 Å². The van der Waals surface area contributed by atoms with Gasteiger partial charge in [0.05, 0.1) is 78.7 Å². The summed E-state index contributed by atoms with van der Waals surface area (Å²) in [6.07, 6.45) is 11.1. The lowest BCUT2D eigenvalue weighted by Gasteiger charge is -2.20. The highest BCUT2D eigenvalue weighted by Gasteiger charge is 2.40. The molecule has 3 aliphatic heterocycles. The van der Waals surface area contributed by atoms with Crippen LogP contribution >= 0.6 is 0 Å². The molecule has 0 amide bonds. The Balaban J connectivity index is 1.18. The highest BCUT2D eigenvalue weighted by Crippen LogP contribution is 2.53. The SMILES string of the molecule is CCCCOc1c2c(c(C)c3ccccc13)C1=NC3=NC(=Nc4[nH]c(c5c(OCCCC)c6ccccc6c(C)c45)N=C4N=C(N=C2C1)c1c4c(OCCCC)c2cc4ccccc4cc2c1OCCCC)c1c3c(OCCCC)c2ccccc2c1OCCCC. The normalized spacial score (nSPS) is 13.9. The van der Waals surface area contributed by atoms with Gasteiger partial charge in [-0.05, 0) is 97.2 Å². The quantitative estimate of drug-likeness (QED) is 0.0471. The standard InChI is InChI=1S/C79H81N7O6/c1-9-15-37-87-68-52-33-25-23-31-50(52)46(7)60-58-45-59(62(60)68)81-76-66-67(73(92-42-20-14-6)57-44-49-30-22-21-29-48(49)43-56(57)72(66)91-41-19-13-5)79(85-76)86-77-63-61(47(8)51-32-24-26-34-53(51)69(63)88-38-16-10-2)74(82-77)83-78-65-64(75(80-58)84-78)70(89-39-17-11-3)54-35-27-28-36-55(54)71(65)90-40-18-12-4/h21-36,43-44H,9-20,37-42,45H2,1-8H3,(H,80,81,82,83,84,85,86). The fraction of sp³-hybridized carbons (Fsp3) is 0.342. The van der Waals surface area contributed by atoms with Crippen LogP contribution in [-0.2, 0) is 0 Å². The number of nitrogens with one attached hydrogen (secondary N) is 1. The lowest BCUT2D eigenvalue weighted by Crippen LogP contribution is -2.11. The molecule has 0 atom stereocenters. The van der Waals surface area contributed by atoms with E-state index < -0.39 is 0 Å². The van der Waals surface area contributed by atoms with Crippen LogP contribution in [0.3, 0.4) is 0 Å². The number of hydrogen-bond acceptors (Lipinski definition) is 12. The van der Waals surface area contributed by atoms with Crippen molar-refractivity contribution >= 4 is 111 Å². The third kappa shape index (κ3) is 10.5. The summed E-state index contributed by atoms with van der Waals surface area (Å²) in [6.45, 7) is 20.4. The lowest BCUT2D eigenvalue weighted by atomic mass is 9.94. The molecule has 10 aromatic rings. The number of H-pyrrole nitrogens is 1. The van der Waals surface area contributed by atoms with Gasteiger partial charge in [0.25, 0.3) is 0 Å². The van der Waals surface area contributed by atoms with E-state index in [9.17, 15) is 0 Å². The number of unbranched alkanes of at least 4 members (excludes halogenated alkanes) is 6. The number of aliphatic imine (C=N–C) groups is 6. The fourth-order valence-corrected chi connectivity index (χ4v) is 13.6. The zero-order chi connectivity index (χ0) is 63.0. The molecule has 468 valence electrons. The summed E-state index contributed by atoms with van der Waals surface area (Å²) in [5.41, 5.74) is 8.29. The largest absolute Gasteiger partial charge is 0.492 e. The van der Waals surface area contributed by atoms with Gasteiger partial charge in [0.1, 0.15) is 46.1 Å². The molecule has 0 spiro atoms. The molecular weight excluding hydrogens is 1140 g/mol. The van der Waals surface area contributed by atoms with Crippen LogP contribution in [0.4, 0.5) is 11.6 Å². The minimum absolute atomic E-state index is 0.313. The van der Waals surface area contributed by atoms with Crippen LogP contribution in [0.1, 0.15) is 170 Å². The van der Waals surface area contributed by atoms with Gasteiger partial charge in [-0.15, -0.1) is 0 Å². The number of fused-ring (bicyclic) bond motifs is 23.